The molecule has 0 fully saturated rings. The highest BCUT2D eigenvalue weighted by Crippen LogP contribution is 2.14. The maximum Gasteiger partial charge on any atom is 0.256 e. The van der Waals surface area contributed by atoms with Crippen molar-refractivity contribution < 1.29 is 4.79 Å². The van der Waals surface area contributed by atoms with Gasteiger partial charge in [-0.15, -0.1) is 0 Å². The highest BCUT2D eigenvalue weighted by Gasteiger charge is 2.16. The van der Waals surface area contributed by atoms with Crippen LogP contribution in [0.1, 0.15) is 21.5 Å². The first-order valence-corrected chi connectivity index (χ1v) is 7.11. The molecule has 6 heteroatoms. The fraction of sp³-hybridized carbons (Fsp3) is 0.118. The van der Waals surface area contributed by atoms with Crippen LogP contribution in [0.25, 0.3) is 5.82 Å². The van der Waals surface area contributed by atoms with Gasteiger partial charge in [-0.05, 0) is 29.8 Å². The van der Waals surface area contributed by atoms with E-state index in [-0.39, 0.29) is 5.91 Å². The zero-order valence-electron chi connectivity index (χ0n) is 12.6. The van der Waals surface area contributed by atoms with E-state index in [9.17, 15) is 4.79 Å². The number of hydrogen-bond acceptors (Lipinski definition) is 3. The molecule has 0 unspecified atom stereocenters. The molecule has 2 aromatic heterocycles. The van der Waals surface area contributed by atoms with Crippen LogP contribution in [0.15, 0.2) is 55.0 Å². The number of carbonyl (C=O) groups is 1. The van der Waals surface area contributed by atoms with Gasteiger partial charge in [0, 0.05) is 26.0 Å². The molecular weight excluding hydrogens is 290 g/mol. The maximum absolute atomic E-state index is 12.4. The normalized spacial score (nSPS) is 10.3. The van der Waals surface area contributed by atoms with Crippen molar-refractivity contribution in [2.45, 2.75) is 6.54 Å². The van der Waals surface area contributed by atoms with Gasteiger partial charge in [0.25, 0.3) is 5.91 Å². The molecule has 1 amide bonds. The van der Waals surface area contributed by atoms with Crippen LogP contribution in [-0.4, -0.2) is 20.3 Å². The summed E-state index contributed by atoms with van der Waals surface area (Å²) in [6.07, 6.45) is 5.30. The van der Waals surface area contributed by atoms with Gasteiger partial charge in [-0.25, -0.2) is 0 Å². The van der Waals surface area contributed by atoms with E-state index in [0.29, 0.717) is 23.5 Å². The Kier molecular flexibility index (Phi) is 3.93. The molecule has 0 saturated heterocycles. The topological polar surface area (TPSA) is 75.6 Å². The minimum atomic E-state index is -0.189. The number of aromatic nitrogens is 3. The Balaban J connectivity index is 1.75. The van der Waals surface area contributed by atoms with Crippen LogP contribution in [0.4, 0.5) is 0 Å². The minimum absolute atomic E-state index is 0.189. The Morgan fingerprint density at radius 3 is 2.61 bits per heavy atom. The molecule has 23 heavy (non-hydrogen) atoms. The van der Waals surface area contributed by atoms with Gasteiger partial charge in [0.1, 0.15) is 11.4 Å². The summed E-state index contributed by atoms with van der Waals surface area (Å²) in [6.45, 7) is 0.393. The third kappa shape index (κ3) is 2.99. The van der Waals surface area contributed by atoms with Crippen molar-refractivity contribution in [1.82, 2.24) is 19.7 Å². The molecular formula is C17H15N5O. The highest BCUT2D eigenvalue weighted by molar-refractivity contribution is 5.97. The molecule has 0 spiro atoms. The van der Waals surface area contributed by atoms with E-state index >= 15 is 0 Å². The van der Waals surface area contributed by atoms with Crippen molar-refractivity contribution in [2.75, 3.05) is 0 Å². The van der Waals surface area contributed by atoms with Crippen molar-refractivity contribution in [2.24, 2.45) is 7.05 Å². The summed E-state index contributed by atoms with van der Waals surface area (Å²) in [6, 6.07) is 13.0. The Hall–Kier alpha value is -3.33. The molecule has 0 radical (unpaired) electrons. The quantitative estimate of drug-likeness (QED) is 0.801. The molecule has 2 heterocycles. The number of aryl methyl sites for hydroxylation is 1. The zero-order chi connectivity index (χ0) is 16.2. The van der Waals surface area contributed by atoms with E-state index in [1.807, 2.05) is 41.2 Å². The van der Waals surface area contributed by atoms with Crippen molar-refractivity contribution in [3.63, 3.8) is 0 Å². The summed E-state index contributed by atoms with van der Waals surface area (Å²) in [4.78, 5) is 12.4. The predicted octanol–water partition coefficient (Wildman–Crippen LogP) is 2.01. The monoisotopic (exact) mass is 305 g/mol. The number of rotatable bonds is 4. The standard InChI is InChI=1S/C17H15N5O/c1-21-17(22-8-2-3-9-22)15(12-20-21)16(23)19-11-14-6-4-13(10-18)5-7-14/h2-9,12H,11H2,1H3,(H,19,23). The molecule has 114 valence electrons. The zero-order valence-corrected chi connectivity index (χ0v) is 12.6. The first-order valence-electron chi connectivity index (χ1n) is 7.11. The second-order valence-electron chi connectivity index (χ2n) is 5.09. The lowest BCUT2D eigenvalue weighted by Crippen LogP contribution is -2.24. The van der Waals surface area contributed by atoms with E-state index in [2.05, 4.69) is 16.5 Å². The van der Waals surface area contributed by atoms with Crippen molar-refractivity contribution >= 4 is 5.91 Å². The van der Waals surface area contributed by atoms with Crippen LogP contribution >= 0.6 is 0 Å². The predicted molar refractivity (Wildman–Crippen MR) is 84.9 cm³/mol. The molecule has 1 aromatic carbocycles. The van der Waals surface area contributed by atoms with E-state index < -0.39 is 0 Å². The first-order chi connectivity index (χ1) is 11.2. The highest BCUT2D eigenvalue weighted by atomic mass is 16.1. The van der Waals surface area contributed by atoms with Crippen LogP contribution in [0, 0.1) is 11.3 Å². The Morgan fingerprint density at radius 2 is 1.96 bits per heavy atom. The van der Waals surface area contributed by atoms with Gasteiger partial charge in [0.2, 0.25) is 0 Å². The molecule has 6 nitrogen and oxygen atoms in total. The Bertz CT molecular complexity index is 854. The second-order valence-corrected chi connectivity index (χ2v) is 5.09. The second kappa shape index (κ2) is 6.20. The average Bonchev–Trinajstić information content (AvgIpc) is 3.22. The summed E-state index contributed by atoms with van der Waals surface area (Å²) in [5, 5.41) is 15.8. The summed E-state index contributed by atoms with van der Waals surface area (Å²) >= 11 is 0. The Morgan fingerprint density at radius 1 is 1.26 bits per heavy atom. The lowest BCUT2D eigenvalue weighted by atomic mass is 10.1. The van der Waals surface area contributed by atoms with Crippen molar-refractivity contribution in [1.29, 1.82) is 5.26 Å². The fourth-order valence-corrected chi connectivity index (χ4v) is 2.35. The number of benzene rings is 1. The first kappa shape index (κ1) is 14.6. The number of nitrogens with zero attached hydrogens (tertiary/aromatic N) is 4. The number of hydrogen-bond donors (Lipinski definition) is 1. The molecule has 0 bridgehead atoms. The Labute approximate surface area is 133 Å². The molecule has 0 saturated carbocycles. The average molecular weight is 305 g/mol. The van der Waals surface area contributed by atoms with Gasteiger partial charge in [-0.3, -0.25) is 9.48 Å². The van der Waals surface area contributed by atoms with Crippen LogP contribution in [0.2, 0.25) is 0 Å². The molecule has 0 aliphatic heterocycles. The van der Waals surface area contributed by atoms with Crippen LogP contribution in [-0.2, 0) is 13.6 Å². The summed E-state index contributed by atoms with van der Waals surface area (Å²) in [5.74, 6) is 0.526. The van der Waals surface area contributed by atoms with Gasteiger partial charge in [0.15, 0.2) is 0 Å². The summed E-state index contributed by atoms with van der Waals surface area (Å²) in [5.41, 5.74) is 2.04. The molecule has 0 atom stereocenters. The SMILES string of the molecule is Cn1ncc(C(=O)NCc2ccc(C#N)cc2)c1-n1cccc1. The number of nitrogens with one attached hydrogen (secondary N) is 1. The molecule has 1 N–H and O–H groups in total. The van der Waals surface area contributed by atoms with E-state index in [1.54, 1.807) is 30.1 Å². The van der Waals surface area contributed by atoms with Gasteiger partial charge in [-0.1, -0.05) is 12.1 Å². The maximum atomic E-state index is 12.4. The lowest BCUT2D eigenvalue weighted by Gasteiger charge is -2.08. The summed E-state index contributed by atoms with van der Waals surface area (Å²) < 4.78 is 3.51. The smallest absolute Gasteiger partial charge is 0.256 e. The van der Waals surface area contributed by atoms with Gasteiger partial charge >= 0.3 is 0 Å². The van der Waals surface area contributed by atoms with Crippen LogP contribution in [0.5, 0.6) is 0 Å². The number of amides is 1. The van der Waals surface area contributed by atoms with Crippen molar-refractivity contribution in [3.8, 4) is 11.9 Å². The van der Waals surface area contributed by atoms with E-state index in [1.165, 1.54) is 0 Å². The summed E-state index contributed by atoms with van der Waals surface area (Å²) in [7, 11) is 1.80. The lowest BCUT2D eigenvalue weighted by molar-refractivity contribution is 0.0951. The van der Waals surface area contributed by atoms with E-state index in [0.717, 1.165) is 5.56 Å². The van der Waals surface area contributed by atoms with Crippen LogP contribution < -0.4 is 5.32 Å². The molecule has 0 aliphatic rings. The third-order valence-electron chi connectivity index (χ3n) is 3.54. The minimum Gasteiger partial charge on any atom is -0.348 e. The fourth-order valence-electron chi connectivity index (χ4n) is 2.35. The van der Waals surface area contributed by atoms with E-state index in [4.69, 9.17) is 5.26 Å². The number of carbonyl (C=O) groups excluding carboxylic acids is 1. The third-order valence-corrected chi connectivity index (χ3v) is 3.54. The molecule has 3 rings (SSSR count). The van der Waals surface area contributed by atoms with Crippen LogP contribution in [0.3, 0.4) is 0 Å². The van der Waals surface area contributed by atoms with Gasteiger partial charge < -0.3 is 9.88 Å². The van der Waals surface area contributed by atoms with Crippen molar-refractivity contribution in [3.05, 3.63) is 71.7 Å². The molecule has 0 aliphatic carbocycles. The van der Waals surface area contributed by atoms with Gasteiger partial charge in [-0.2, -0.15) is 10.4 Å². The largest absolute Gasteiger partial charge is 0.348 e. The number of nitriles is 1. The molecule has 3 aromatic rings. The van der Waals surface area contributed by atoms with Gasteiger partial charge in [0.05, 0.1) is 17.8 Å².